The molecule has 9 heteroatoms. The van der Waals surface area contributed by atoms with Gasteiger partial charge in [0, 0.05) is 28.6 Å². The normalized spacial score (nSPS) is 16.6. The number of para-hydroxylation sites is 1. The summed E-state index contributed by atoms with van der Waals surface area (Å²) < 4.78 is 13.5. The first kappa shape index (κ1) is 31.8. The van der Waals surface area contributed by atoms with Crippen molar-refractivity contribution in [2.75, 3.05) is 6.54 Å². The first-order valence-corrected chi connectivity index (χ1v) is 13.8. The van der Waals surface area contributed by atoms with Crippen molar-refractivity contribution >= 4 is 23.3 Å². The van der Waals surface area contributed by atoms with Crippen molar-refractivity contribution in [1.82, 2.24) is 4.90 Å². The molecule has 3 atom stereocenters. The molecule has 1 aliphatic rings. The molecule has 0 aliphatic carbocycles. The number of aliphatic hydroxyl groups is 1. The number of aliphatic imine (C=N–C) groups is 1. The van der Waals surface area contributed by atoms with Crippen LogP contribution in [0.3, 0.4) is 0 Å². The zero-order valence-corrected chi connectivity index (χ0v) is 24.2. The van der Waals surface area contributed by atoms with Crippen LogP contribution in [0.2, 0.25) is 0 Å². The summed E-state index contributed by atoms with van der Waals surface area (Å²) in [5.41, 5.74) is 3.02. The summed E-state index contributed by atoms with van der Waals surface area (Å²) in [6.07, 6.45) is 0.0400. The van der Waals surface area contributed by atoms with Crippen LogP contribution in [-0.4, -0.2) is 51.3 Å². The summed E-state index contributed by atoms with van der Waals surface area (Å²) in [5, 5.41) is 25.6. The largest absolute Gasteiger partial charge is 0.625 e. The predicted octanol–water partition coefficient (Wildman–Crippen LogP) is 6.04. The average molecular weight is 623 g/mol. The number of carboxylic acids is 1. The summed E-state index contributed by atoms with van der Waals surface area (Å²) in [7, 11) is 0. The van der Waals surface area contributed by atoms with Crippen molar-refractivity contribution in [1.29, 1.82) is 0 Å². The van der Waals surface area contributed by atoms with Gasteiger partial charge >= 0.3 is 5.97 Å². The van der Waals surface area contributed by atoms with Crippen LogP contribution < -0.4 is 0 Å². The molecule has 224 valence electrons. The second-order valence-electron chi connectivity index (χ2n) is 10.2. The summed E-state index contributed by atoms with van der Waals surface area (Å²) >= 11 is 0. The van der Waals surface area contributed by atoms with Crippen LogP contribution in [0.15, 0.2) is 114 Å². The van der Waals surface area contributed by atoms with Crippen molar-refractivity contribution in [3.05, 3.63) is 143 Å². The van der Waals surface area contributed by atoms with E-state index in [1.54, 1.807) is 48.5 Å². The van der Waals surface area contributed by atoms with Gasteiger partial charge in [0.15, 0.2) is 6.04 Å². The van der Waals surface area contributed by atoms with E-state index in [4.69, 9.17) is 0 Å². The summed E-state index contributed by atoms with van der Waals surface area (Å²) in [4.78, 5) is 32.6. The molecule has 0 bridgehead atoms. The number of hydrogen-bond donors (Lipinski definition) is 2. The van der Waals surface area contributed by atoms with Crippen molar-refractivity contribution in [2.24, 2.45) is 4.99 Å². The first-order valence-electron chi connectivity index (χ1n) is 13.8. The van der Waals surface area contributed by atoms with Crippen LogP contribution in [0.5, 0.6) is 0 Å². The molecule has 1 heterocycles. The summed E-state index contributed by atoms with van der Waals surface area (Å²) in [5.74, 6) is -2.13. The maximum atomic E-state index is 13.6. The van der Waals surface area contributed by atoms with Crippen molar-refractivity contribution < 1.29 is 40.7 Å². The molecule has 43 heavy (non-hydrogen) atoms. The molecule has 4 aromatic carbocycles. The van der Waals surface area contributed by atoms with Gasteiger partial charge in [0.1, 0.15) is 11.9 Å². The van der Waals surface area contributed by atoms with E-state index < -0.39 is 23.9 Å². The molecule has 1 saturated heterocycles. The molecule has 0 unspecified atom stereocenters. The van der Waals surface area contributed by atoms with Gasteiger partial charge in [-0.25, -0.2) is 9.18 Å². The number of halogens is 1. The number of amides is 1. The number of likely N-dealkylation sites (tertiary alicyclic amines) is 1. The summed E-state index contributed by atoms with van der Waals surface area (Å²) in [6, 6.07) is 28.9. The van der Waals surface area contributed by atoms with Gasteiger partial charge in [0.05, 0.1) is 17.7 Å². The van der Waals surface area contributed by atoms with E-state index in [9.17, 15) is 24.2 Å². The van der Waals surface area contributed by atoms with Gasteiger partial charge < -0.3 is 20.3 Å². The predicted molar refractivity (Wildman–Crippen MR) is 159 cm³/mol. The molecule has 0 spiro atoms. The maximum Gasteiger partial charge on any atom is 0.331 e. The van der Waals surface area contributed by atoms with Gasteiger partial charge in [-0.1, -0.05) is 97.1 Å². The van der Waals surface area contributed by atoms with Crippen molar-refractivity contribution in [2.45, 2.75) is 37.6 Å². The van der Waals surface area contributed by atoms with Crippen LogP contribution >= 0.6 is 0 Å². The van der Waals surface area contributed by atoms with E-state index in [2.05, 4.69) is 15.2 Å². The molecule has 4 aromatic rings. The van der Waals surface area contributed by atoms with Crippen LogP contribution in [0.4, 0.5) is 10.1 Å². The van der Waals surface area contributed by atoms with Crippen molar-refractivity contribution in [3.8, 4) is 0 Å². The molecule has 2 N–H and O–H groups in total. The third-order valence-corrected chi connectivity index (χ3v) is 7.35. The van der Waals surface area contributed by atoms with Crippen LogP contribution in [-0.2, 0) is 32.6 Å². The van der Waals surface area contributed by atoms with Crippen molar-refractivity contribution in [3.63, 3.8) is 0 Å². The smallest absolute Gasteiger partial charge is 0.331 e. The molecule has 1 aliphatic heterocycles. The topological polar surface area (TPSA) is 104 Å². The molecular formula is C34H31FN3NiO4-. The number of hydrogen-bond acceptors (Lipinski definition) is 5. The molecule has 7 nitrogen and oxygen atoms in total. The summed E-state index contributed by atoms with van der Waals surface area (Å²) in [6.45, 7) is 1.44. The van der Waals surface area contributed by atoms with E-state index in [1.165, 1.54) is 12.1 Å². The minimum atomic E-state index is -1.61. The van der Waals surface area contributed by atoms with Gasteiger partial charge in [-0.3, -0.25) is 9.89 Å². The minimum absolute atomic E-state index is 0. The molecule has 1 amide bonds. The Morgan fingerprint density at radius 3 is 2.21 bits per heavy atom. The molecule has 5 rings (SSSR count). The average Bonchev–Trinajstić information content (AvgIpc) is 3.47. The fraction of sp³-hybridized carbons (Fsp3) is 0.206. The number of benzene rings is 4. The number of carbonyl (C=O) groups excluding carboxylic acids is 1. The molecule has 0 radical (unpaired) electrons. The zero-order chi connectivity index (χ0) is 29.5. The molecule has 0 saturated carbocycles. The number of rotatable bonds is 10. The van der Waals surface area contributed by atoms with Crippen LogP contribution in [0.1, 0.15) is 41.2 Å². The maximum absolute atomic E-state index is 13.6. The Morgan fingerprint density at radius 2 is 1.53 bits per heavy atom. The van der Waals surface area contributed by atoms with Gasteiger partial charge in [0.2, 0.25) is 0 Å². The molecular weight excluding hydrogens is 592 g/mol. The number of carboxylic acid groups (broad SMARTS) is 1. The van der Waals surface area contributed by atoms with Gasteiger partial charge in [-0.2, -0.15) is 0 Å². The Morgan fingerprint density at radius 1 is 0.907 bits per heavy atom. The zero-order valence-electron chi connectivity index (χ0n) is 23.2. The molecule has 1 fully saturated rings. The van der Waals surface area contributed by atoms with Crippen LogP contribution in [0, 0.1) is 5.82 Å². The third kappa shape index (κ3) is 7.82. The van der Waals surface area contributed by atoms with Crippen LogP contribution in [0.25, 0.3) is 5.32 Å². The van der Waals surface area contributed by atoms with Gasteiger partial charge in [-0.15, -0.1) is 5.69 Å². The number of nitrogens with zero attached hydrogens (tertiary/aromatic N) is 3. The Bertz CT molecular complexity index is 1550. The first-order chi connectivity index (χ1) is 20.4. The number of aliphatic carboxylic acids is 1. The Balaban J connectivity index is 0.00000423. The Kier molecular flexibility index (Phi) is 11.0. The van der Waals surface area contributed by atoms with E-state index in [0.717, 1.165) is 30.7 Å². The number of carbonyl (C=O) groups is 2. The second-order valence-corrected chi connectivity index (χ2v) is 10.2. The van der Waals surface area contributed by atoms with Gasteiger partial charge in [0.25, 0.3) is 0 Å². The number of aliphatic hydroxyl groups excluding tert-OH is 1. The van der Waals surface area contributed by atoms with E-state index in [0.29, 0.717) is 29.8 Å². The minimum Gasteiger partial charge on any atom is -0.625 e. The van der Waals surface area contributed by atoms with E-state index >= 15 is 0 Å². The fourth-order valence-corrected chi connectivity index (χ4v) is 5.22. The quantitative estimate of drug-likeness (QED) is 0.166. The second kappa shape index (κ2) is 14.8. The molecule has 0 aromatic heterocycles. The third-order valence-electron chi connectivity index (χ3n) is 7.35. The van der Waals surface area contributed by atoms with Gasteiger partial charge in [-0.05, 0) is 48.2 Å². The fourth-order valence-electron chi connectivity index (χ4n) is 5.22. The monoisotopic (exact) mass is 622 g/mol. The van der Waals surface area contributed by atoms with E-state index in [-0.39, 0.29) is 39.7 Å². The SMILES string of the molecule is O=C(O)[C@@H](N=C(c1ccccc1)c1ccccc1[N-]C(=O)[C@@H]1CCCN1Cc1ccccc1)[C@H](O)c1ccc(F)cc1.[Ni]. The Hall–Kier alpha value is -4.17. The Labute approximate surface area is 260 Å². The van der Waals surface area contributed by atoms with E-state index in [1.807, 2.05) is 36.4 Å². The standard InChI is InChI=1S/C34H32FN3O4.Ni/c35-26-19-17-25(18-20-26)32(39)31(34(41)42)37-30(24-12-5-2-6-13-24)27-14-7-8-15-28(27)36-33(40)29-16-9-21-38(29)22-23-10-3-1-4-11-23;/h1-8,10-15,17-20,29,31-32,39H,9,16,21-22H2,(H2,36,37,40,41,42);/p-1/t29-,31-,32+;/m0./s1.